The highest BCUT2D eigenvalue weighted by Gasteiger charge is 2.18. The van der Waals surface area contributed by atoms with E-state index in [4.69, 9.17) is 5.10 Å². The zero-order chi connectivity index (χ0) is 22.6. The summed E-state index contributed by atoms with van der Waals surface area (Å²) in [6.45, 7) is 6.79. The number of hydrogen-bond acceptors (Lipinski definition) is 1. The smallest absolute Gasteiger partial charge is 0.0825 e. The lowest BCUT2D eigenvalue weighted by Crippen LogP contribution is -2.11. The molecule has 0 unspecified atom stereocenters. The van der Waals surface area contributed by atoms with Crippen molar-refractivity contribution in [3.63, 3.8) is 0 Å². The van der Waals surface area contributed by atoms with Gasteiger partial charge in [0.1, 0.15) is 0 Å². The van der Waals surface area contributed by atoms with Crippen LogP contribution in [0.2, 0.25) is 0 Å². The molecule has 0 aliphatic carbocycles. The van der Waals surface area contributed by atoms with Gasteiger partial charge >= 0.3 is 0 Å². The summed E-state index contributed by atoms with van der Waals surface area (Å²) in [5, 5.41) is 8.62. The second kappa shape index (κ2) is 7.31. The van der Waals surface area contributed by atoms with Crippen molar-refractivity contribution in [2.24, 2.45) is 0 Å². The van der Waals surface area contributed by atoms with Crippen molar-refractivity contribution in [1.29, 1.82) is 0 Å². The molecule has 0 N–H and O–H groups in total. The Morgan fingerprint density at radius 3 is 1.97 bits per heavy atom. The molecule has 6 aromatic rings. The number of pyridine rings is 1. The van der Waals surface area contributed by atoms with Gasteiger partial charge in [0, 0.05) is 16.3 Å². The lowest BCUT2D eigenvalue weighted by molar-refractivity contribution is 0.591. The van der Waals surface area contributed by atoms with E-state index in [2.05, 4.69) is 122 Å². The fraction of sp³-hybridized carbons (Fsp3) is 0.129. The van der Waals surface area contributed by atoms with E-state index in [1.807, 2.05) is 6.20 Å². The van der Waals surface area contributed by atoms with Gasteiger partial charge in [-0.1, -0.05) is 106 Å². The fourth-order valence-electron chi connectivity index (χ4n) is 4.80. The molecule has 0 fully saturated rings. The number of benzene rings is 4. The highest BCUT2D eigenvalue weighted by Crippen LogP contribution is 2.37. The molecule has 4 aromatic carbocycles. The van der Waals surface area contributed by atoms with Gasteiger partial charge < -0.3 is 0 Å². The largest absolute Gasteiger partial charge is 0.232 e. The molecular weight excluding hydrogens is 400 g/mol. The van der Waals surface area contributed by atoms with Crippen molar-refractivity contribution >= 4 is 27.2 Å². The molecule has 0 radical (unpaired) electrons. The molecule has 2 aromatic heterocycles. The van der Waals surface area contributed by atoms with Crippen LogP contribution in [0.25, 0.3) is 49.4 Å². The van der Waals surface area contributed by atoms with Crippen LogP contribution in [0.4, 0.5) is 0 Å². The summed E-state index contributed by atoms with van der Waals surface area (Å²) in [5.41, 5.74) is 8.53. The first-order valence-corrected chi connectivity index (χ1v) is 11.5. The van der Waals surface area contributed by atoms with Crippen molar-refractivity contribution in [2.45, 2.75) is 26.2 Å². The summed E-state index contributed by atoms with van der Waals surface area (Å²) >= 11 is 0. The number of fused-ring (bicyclic) bond motifs is 6. The number of nitrogens with zero attached hydrogens (tertiary/aromatic N) is 2. The van der Waals surface area contributed by atoms with Gasteiger partial charge in [-0.2, -0.15) is 5.10 Å². The van der Waals surface area contributed by atoms with Crippen LogP contribution in [0.15, 0.2) is 103 Å². The molecule has 0 aliphatic heterocycles. The number of rotatable bonds is 2. The summed E-state index contributed by atoms with van der Waals surface area (Å²) < 4.78 is 2.12. The van der Waals surface area contributed by atoms with Gasteiger partial charge in [-0.3, -0.25) is 0 Å². The summed E-state index contributed by atoms with van der Waals surface area (Å²) in [7, 11) is 0. The van der Waals surface area contributed by atoms with Gasteiger partial charge in [-0.25, -0.2) is 4.52 Å². The minimum absolute atomic E-state index is 0.0972. The first-order chi connectivity index (χ1) is 16.0. The van der Waals surface area contributed by atoms with Gasteiger partial charge in [0.15, 0.2) is 0 Å². The van der Waals surface area contributed by atoms with Crippen molar-refractivity contribution in [3.8, 4) is 22.3 Å². The fourth-order valence-corrected chi connectivity index (χ4v) is 4.80. The Hall–Kier alpha value is -3.91. The average Bonchev–Trinajstić information content (AvgIpc) is 3.30. The van der Waals surface area contributed by atoms with E-state index in [1.165, 1.54) is 38.4 Å². The molecule has 160 valence electrons. The van der Waals surface area contributed by atoms with Crippen molar-refractivity contribution in [3.05, 3.63) is 109 Å². The lowest BCUT2D eigenvalue weighted by atomic mass is 9.86. The molecule has 2 nitrogen and oxygen atoms in total. The monoisotopic (exact) mass is 426 g/mol. The summed E-state index contributed by atoms with van der Waals surface area (Å²) in [5.74, 6) is 0. The van der Waals surface area contributed by atoms with Crippen LogP contribution >= 0.6 is 0 Å². The number of aromatic nitrogens is 2. The molecule has 0 saturated carbocycles. The molecule has 0 atom stereocenters. The SMILES string of the molecule is CC(C)(C)c1ccc2c(c1)c1ccccc1c1c(-c3ccc(-c4ccccc4)cc3)cnn21. The van der Waals surface area contributed by atoms with Gasteiger partial charge in [-0.05, 0) is 45.2 Å². The molecule has 2 heterocycles. The molecule has 6 rings (SSSR count). The maximum Gasteiger partial charge on any atom is 0.0825 e. The lowest BCUT2D eigenvalue weighted by Gasteiger charge is -2.20. The van der Waals surface area contributed by atoms with Crippen molar-refractivity contribution in [1.82, 2.24) is 9.61 Å². The zero-order valence-corrected chi connectivity index (χ0v) is 19.2. The Morgan fingerprint density at radius 2 is 1.24 bits per heavy atom. The minimum atomic E-state index is 0.0972. The van der Waals surface area contributed by atoms with Crippen LogP contribution in [-0.2, 0) is 5.41 Å². The highest BCUT2D eigenvalue weighted by molar-refractivity contribution is 6.15. The third-order valence-corrected chi connectivity index (χ3v) is 6.64. The third-order valence-electron chi connectivity index (χ3n) is 6.64. The molecule has 0 aliphatic rings. The van der Waals surface area contributed by atoms with Gasteiger partial charge in [0.2, 0.25) is 0 Å². The van der Waals surface area contributed by atoms with E-state index in [0.29, 0.717) is 0 Å². The predicted octanol–water partition coefficient (Wildman–Crippen LogP) is 8.27. The zero-order valence-electron chi connectivity index (χ0n) is 19.2. The summed E-state index contributed by atoms with van der Waals surface area (Å²) in [6.07, 6.45) is 2.01. The van der Waals surface area contributed by atoms with Crippen LogP contribution in [0.5, 0.6) is 0 Å². The van der Waals surface area contributed by atoms with E-state index in [0.717, 1.165) is 16.6 Å². The number of hydrogen-bond donors (Lipinski definition) is 0. The molecule has 0 saturated heterocycles. The maximum absolute atomic E-state index is 4.86. The van der Waals surface area contributed by atoms with E-state index >= 15 is 0 Å². The first-order valence-electron chi connectivity index (χ1n) is 11.5. The quantitative estimate of drug-likeness (QED) is 0.255. The Labute approximate surface area is 194 Å². The second-order valence-corrected chi connectivity index (χ2v) is 9.79. The average molecular weight is 427 g/mol. The second-order valence-electron chi connectivity index (χ2n) is 9.79. The van der Waals surface area contributed by atoms with Crippen molar-refractivity contribution < 1.29 is 0 Å². The standard InChI is InChI=1S/C31H26N2/c1-31(2,3)24-17-18-29-27(19-24)25-11-7-8-12-26(25)30-28(20-32-33(29)30)23-15-13-22(14-16-23)21-9-5-4-6-10-21/h4-20H,1-3H3. The van der Waals surface area contributed by atoms with Crippen LogP contribution in [0.3, 0.4) is 0 Å². The Bertz CT molecular complexity index is 1620. The Kier molecular flexibility index (Phi) is 4.38. The Balaban J connectivity index is 1.60. The predicted molar refractivity (Wildman–Crippen MR) is 140 cm³/mol. The molecule has 0 bridgehead atoms. The molecular formula is C31H26N2. The minimum Gasteiger partial charge on any atom is -0.232 e. The summed E-state index contributed by atoms with van der Waals surface area (Å²) in [6, 6.07) is 34.9. The van der Waals surface area contributed by atoms with E-state index < -0.39 is 0 Å². The molecule has 0 spiro atoms. The van der Waals surface area contributed by atoms with Gasteiger partial charge in [-0.15, -0.1) is 0 Å². The Morgan fingerprint density at radius 1 is 0.606 bits per heavy atom. The van der Waals surface area contributed by atoms with E-state index in [9.17, 15) is 0 Å². The third kappa shape index (κ3) is 3.22. The topological polar surface area (TPSA) is 17.3 Å². The summed E-state index contributed by atoms with van der Waals surface area (Å²) in [4.78, 5) is 0. The highest BCUT2D eigenvalue weighted by atomic mass is 15.2. The van der Waals surface area contributed by atoms with E-state index in [-0.39, 0.29) is 5.41 Å². The van der Waals surface area contributed by atoms with Gasteiger partial charge in [0.05, 0.1) is 17.2 Å². The molecule has 0 amide bonds. The van der Waals surface area contributed by atoms with Crippen LogP contribution < -0.4 is 0 Å². The van der Waals surface area contributed by atoms with Crippen LogP contribution in [0, 0.1) is 0 Å². The first kappa shape index (κ1) is 19.8. The van der Waals surface area contributed by atoms with E-state index in [1.54, 1.807) is 0 Å². The van der Waals surface area contributed by atoms with Crippen LogP contribution in [-0.4, -0.2) is 9.61 Å². The normalized spacial score (nSPS) is 12.1. The van der Waals surface area contributed by atoms with Crippen molar-refractivity contribution in [2.75, 3.05) is 0 Å². The molecule has 33 heavy (non-hydrogen) atoms. The maximum atomic E-state index is 4.86. The molecule has 2 heteroatoms. The van der Waals surface area contributed by atoms with Crippen LogP contribution in [0.1, 0.15) is 26.3 Å². The van der Waals surface area contributed by atoms with Gasteiger partial charge in [0.25, 0.3) is 0 Å².